The van der Waals surface area contributed by atoms with Crippen molar-refractivity contribution in [3.05, 3.63) is 53.6 Å². The van der Waals surface area contributed by atoms with Gasteiger partial charge in [0, 0.05) is 11.3 Å². The van der Waals surface area contributed by atoms with Crippen LogP contribution in [0, 0.1) is 11.3 Å². The first-order chi connectivity index (χ1) is 10.8. The molecular formula is C17H16N4O. The molecule has 5 heteroatoms. The number of imidazole rings is 1. The molecule has 0 bridgehead atoms. The van der Waals surface area contributed by atoms with Crippen LogP contribution in [0.3, 0.4) is 0 Å². The molecule has 110 valence electrons. The molecule has 1 aliphatic carbocycles. The van der Waals surface area contributed by atoms with Gasteiger partial charge in [0.2, 0.25) is 0 Å². The lowest BCUT2D eigenvalue weighted by Crippen LogP contribution is -2.15. The van der Waals surface area contributed by atoms with E-state index in [1.165, 1.54) is 24.6 Å². The maximum absolute atomic E-state index is 12.2. The third kappa shape index (κ3) is 2.91. The minimum atomic E-state index is -0.342. The quantitative estimate of drug-likeness (QED) is 0.908. The smallest absolute Gasteiger partial charge is 0.291 e. The predicted octanol–water partition coefficient (Wildman–Crippen LogP) is 3.49. The number of para-hydroxylation sites is 1. The van der Waals surface area contributed by atoms with Crippen LogP contribution in [-0.4, -0.2) is 15.9 Å². The molecule has 2 aromatic rings. The van der Waals surface area contributed by atoms with Gasteiger partial charge in [0.05, 0.1) is 6.20 Å². The van der Waals surface area contributed by atoms with Crippen molar-refractivity contribution in [3.63, 3.8) is 0 Å². The number of anilines is 1. The van der Waals surface area contributed by atoms with E-state index in [-0.39, 0.29) is 17.4 Å². The SMILES string of the molecule is N#Cc1cnc(C(=O)Nc2ccccc2C2=CCCCC2)[nH]1. The van der Waals surface area contributed by atoms with E-state index in [0.717, 1.165) is 24.1 Å². The van der Waals surface area contributed by atoms with E-state index in [0.29, 0.717) is 0 Å². The molecule has 0 saturated carbocycles. The second-order valence-corrected chi connectivity index (χ2v) is 5.23. The van der Waals surface area contributed by atoms with Gasteiger partial charge in [0.15, 0.2) is 5.82 Å². The minimum Gasteiger partial charge on any atom is -0.326 e. The van der Waals surface area contributed by atoms with Crippen molar-refractivity contribution in [2.45, 2.75) is 25.7 Å². The lowest BCUT2D eigenvalue weighted by atomic mass is 9.92. The number of carbonyl (C=O) groups excluding carboxylic acids is 1. The largest absolute Gasteiger partial charge is 0.326 e. The van der Waals surface area contributed by atoms with Crippen LogP contribution in [0.1, 0.15) is 47.6 Å². The average molecular weight is 292 g/mol. The molecule has 0 unspecified atom stereocenters. The summed E-state index contributed by atoms with van der Waals surface area (Å²) in [5.41, 5.74) is 3.38. The number of H-pyrrole nitrogens is 1. The van der Waals surface area contributed by atoms with E-state index in [4.69, 9.17) is 5.26 Å². The summed E-state index contributed by atoms with van der Waals surface area (Å²) in [5, 5.41) is 11.7. The molecule has 1 heterocycles. The van der Waals surface area contributed by atoms with E-state index in [2.05, 4.69) is 21.4 Å². The molecule has 0 radical (unpaired) electrons. The van der Waals surface area contributed by atoms with Gasteiger partial charge in [-0.2, -0.15) is 5.26 Å². The number of allylic oxidation sites excluding steroid dienone is 2. The van der Waals surface area contributed by atoms with Gasteiger partial charge in [-0.05, 0) is 37.3 Å². The van der Waals surface area contributed by atoms with Gasteiger partial charge in [-0.25, -0.2) is 4.98 Å². The topological polar surface area (TPSA) is 81.6 Å². The third-order valence-electron chi connectivity index (χ3n) is 3.72. The maximum Gasteiger partial charge on any atom is 0.291 e. The van der Waals surface area contributed by atoms with E-state index < -0.39 is 0 Å². The van der Waals surface area contributed by atoms with E-state index in [1.807, 2.05) is 30.3 Å². The number of benzene rings is 1. The number of hydrogen-bond donors (Lipinski definition) is 2. The van der Waals surface area contributed by atoms with E-state index in [1.54, 1.807) is 0 Å². The van der Waals surface area contributed by atoms with Gasteiger partial charge in [-0.1, -0.05) is 24.3 Å². The first-order valence-electron chi connectivity index (χ1n) is 7.33. The van der Waals surface area contributed by atoms with Gasteiger partial charge < -0.3 is 10.3 Å². The molecule has 5 nitrogen and oxygen atoms in total. The van der Waals surface area contributed by atoms with Crippen LogP contribution in [0.5, 0.6) is 0 Å². The second-order valence-electron chi connectivity index (χ2n) is 5.23. The molecule has 0 fully saturated rings. The van der Waals surface area contributed by atoms with Crippen molar-refractivity contribution in [2.75, 3.05) is 5.32 Å². The van der Waals surface area contributed by atoms with Crippen molar-refractivity contribution in [2.24, 2.45) is 0 Å². The van der Waals surface area contributed by atoms with Crippen LogP contribution in [0.2, 0.25) is 0 Å². The van der Waals surface area contributed by atoms with Crippen LogP contribution >= 0.6 is 0 Å². The van der Waals surface area contributed by atoms with Crippen LogP contribution in [0.15, 0.2) is 36.5 Å². The number of hydrogen-bond acceptors (Lipinski definition) is 3. The highest BCUT2D eigenvalue weighted by molar-refractivity contribution is 6.03. The minimum absolute atomic E-state index is 0.143. The summed E-state index contributed by atoms with van der Waals surface area (Å²) >= 11 is 0. The average Bonchev–Trinajstić information content (AvgIpc) is 3.05. The monoisotopic (exact) mass is 292 g/mol. The highest BCUT2D eigenvalue weighted by Gasteiger charge is 2.15. The Morgan fingerprint density at radius 3 is 2.91 bits per heavy atom. The van der Waals surface area contributed by atoms with Gasteiger partial charge in [0.25, 0.3) is 5.91 Å². The summed E-state index contributed by atoms with van der Waals surface area (Å²) in [6, 6.07) is 9.70. The van der Waals surface area contributed by atoms with Crippen molar-refractivity contribution in [1.29, 1.82) is 5.26 Å². The molecule has 22 heavy (non-hydrogen) atoms. The number of aromatic nitrogens is 2. The normalized spacial score (nSPS) is 14.0. The van der Waals surface area contributed by atoms with Gasteiger partial charge in [0.1, 0.15) is 11.8 Å². The summed E-state index contributed by atoms with van der Waals surface area (Å²) in [6.07, 6.45) is 8.12. The van der Waals surface area contributed by atoms with Gasteiger partial charge in [-0.3, -0.25) is 4.79 Å². The Hall–Kier alpha value is -2.87. The van der Waals surface area contributed by atoms with Crippen LogP contribution in [0.25, 0.3) is 5.57 Å². The number of nitrogens with zero attached hydrogens (tertiary/aromatic N) is 2. The highest BCUT2D eigenvalue weighted by atomic mass is 16.2. The molecule has 0 saturated heterocycles. The molecule has 1 aliphatic rings. The molecule has 0 aliphatic heterocycles. The fourth-order valence-corrected chi connectivity index (χ4v) is 2.63. The summed E-state index contributed by atoms with van der Waals surface area (Å²) in [4.78, 5) is 18.8. The molecule has 1 aromatic heterocycles. The zero-order valence-electron chi connectivity index (χ0n) is 12.1. The van der Waals surface area contributed by atoms with E-state index in [9.17, 15) is 4.79 Å². The number of rotatable bonds is 3. The first kappa shape index (κ1) is 14.1. The summed E-state index contributed by atoms with van der Waals surface area (Å²) in [5.74, 6) is -0.200. The Labute approximate surface area is 128 Å². The Bertz CT molecular complexity index is 767. The number of nitrogens with one attached hydrogen (secondary N) is 2. The van der Waals surface area contributed by atoms with Crippen LogP contribution in [0.4, 0.5) is 5.69 Å². The third-order valence-corrected chi connectivity index (χ3v) is 3.72. The molecule has 0 atom stereocenters. The predicted molar refractivity (Wildman–Crippen MR) is 84.1 cm³/mol. The lowest BCUT2D eigenvalue weighted by molar-refractivity contribution is 0.101. The zero-order chi connectivity index (χ0) is 15.4. The highest BCUT2D eigenvalue weighted by Crippen LogP contribution is 2.31. The molecule has 1 amide bonds. The fourth-order valence-electron chi connectivity index (χ4n) is 2.63. The molecule has 1 aromatic carbocycles. The van der Waals surface area contributed by atoms with Gasteiger partial charge in [-0.15, -0.1) is 0 Å². The maximum atomic E-state index is 12.2. The first-order valence-corrected chi connectivity index (χ1v) is 7.33. The summed E-state index contributed by atoms with van der Waals surface area (Å²) in [6.45, 7) is 0. The summed E-state index contributed by atoms with van der Waals surface area (Å²) in [7, 11) is 0. The Morgan fingerprint density at radius 2 is 2.18 bits per heavy atom. The van der Waals surface area contributed by atoms with E-state index >= 15 is 0 Å². The number of nitriles is 1. The molecule has 3 rings (SSSR count). The molecule has 0 spiro atoms. The van der Waals surface area contributed by atoms with Crippen molar-refractivity contribution in [3.8, 4) is 6.07 Å². The van der Waals surface area contributed by atoms with Crippen LogP contribution in [-0.2, 0) is 0 Å². The number of carbonyl (C=O) groups is 1. The summed E-state index contributed by atoms with van der Waals surface area (Å²) < 4.78 is 0. The number of amides is 1. The lowest BCUT2D eigenvalue weighted by Gasteiger charge is -2.16. The molecule has 2 N–H and O–H groups in total. The van der Waals surface area contributed by atoms with Gasteiger partial charge >= 0.3 is 0 Å². The van der Waals surface area contributed by atoms with Crippen molar-refractivity contribution < 1.29 is 4.79 Å². The van der Waals surface area contributed by atoms with Crippen molar-refractivity contribution >= 4 is 17.2 Å². The Morgan fingerprint density at radius 1 is 1.32 bits per heavy atom. The Kier molecular flexibility index (Phi) is 4.01. The molecular weight excluding hydrogens is 276 g/mol. The number of aromatic amines is 1. The Balaban J connectivity index is 1.85. The standard InChI is InChI=1S/C17H16N4O/c18-10-13-11-19-16(20-13)17(22)21-15-9-5-4-8-14(15)12-6-2-1-3-7-12/h4-6,8-9,11H,1-3,7H2,(H,19,20)(H,21,22). The zero-order valence-corrected chi connectivity index (χ0v) is 12.1. The second kappa shape index (κ2) is 6.27. The fraction of sp³-hybridized carbons (Fsp3) is 0.235. The van der Waals surface area contributed by atoms with Crippen molar-refractivity contribution in [1.82, 2.24) is 9.97 Å². The van der Waals surface area contributed by atoms with Crippen LogP contribution < -0.4 is 5.32 Å².